The third-order valence-electron chi connectivity index (χ3n) is 7.13. The molecule has 4 rings (SSSR count). The number of likely N-dealkylation sites (N-methyl/N-ethyl adjacent to an activating group) is 1. The van der Waals surface area contributed by atoms with E-state index in [-0.39, 0.29) is 45.7 Å². The van der Waals surface area contributed by atoms with Gasteiger partial charge < -0.3 is 25.4 Å². The van der Waals surface area contributed by atoms with Crippen molar-refractivity contribution in [3.63, 3.8) is 0 Å². The van der Waals surface area contributed by atoms with Crippen molar-refractivity contribution < 1.29 is 28.2 Å². The Kier molecular flexibility index (Phi) is 10.1. The van der Waals surface area contributed by atoms with E-state index in [9.17, 15) is 23.5 Å². The molecule has 228 valence electrons. The van der Waals surface area contributed by atoms with E-state index in [2.05, 4.69) is 25.7 Å². The number of nitrogens with one attached hydrogen (secondary N) is 2. The lowest BCUT2D eigenvalue weighted by molar-refractivity contribution is -0.136. The quantitative estimate of drug-likeness (QED) is 0.189. The van der Waals surface area contributed by atoms with Gasteiger partial charge in [-0.05, 0) is 55.7 Å². The number of anilines is 1. The zero-order valence-corrected chi connectivity index (χ0v) is 24.6. The Morgan fingerprint density at radius 1 is 1.23 bits per heavy atom. The van der Waals surface area contributed by atoms with Crippen molar-refractivity contribution >= 4 is 34.9 Å². The van der Waals surface area contributed by atoms with Crippen LogP contribution in [0.4, 0.5) is 14.5 Å². The molecule has 0 bridgehead atoms. The zero-order valence-electron chi connectivity index (χ0n) is 23.9. The minimum absolute atomic E-state index is 0.0694. The van der Waals surface area contributed by atoms with E-state index in [0.29, 0.717) is 31.8 Å². The lowest BCUT2D eigenvalue weighted by Crippen LogP contribution is -2.46. The molecule has 0 saturated carbocycles. The molecule has 3 aromatic rings. The number of carbonyl (C=O) groups is 2. The van der Waals surface area contributed by atoms with E-state index in [1.165, 1.54) is 36.1 Å². The fourth-order valence-corrected chi connectivity index (χ4v) is 5.10. The minimum atomic E-state index is -3.12. The van der Waals surface area contributed by atoms with E-state index in [1.807, 2.05) is 0 Å². The van der Waals surface area contributed by atoms with Gasteiger partial charge in [0, 0.05) is 56.4 Å². The summed E-state index contributed by atoms with van der Waals surface area (Å²) in [5, 5.41) is 21.4. The number of alkyl halides is 2. The highest BCUT2D eigenvalue weighted by Crippen LogP contribution is 2.37. The van der Waals surface area contributed by atoms with Gasteiger partial charge >= 0.3 is 6.61 Å². The number of ether oxygens (including phenoxy) is 1. The van der Waals surface area contributed by atoms with Gasteiger partial charge in [0.15, 0.2) is 0 Å². The van der Waals surface area contributed by atoms with Gasteiger partial charge in [-0.3, -0.25) is 24.2 Å². The predicted octanol–water partition coefficient (Wildman–Crippen LogP) is 3.84. The van der Waals surface area contributed by atoms with Gasteiger partial charge in [-0.2, -0.15) is 13.9 Å². The molecule has 0 aliphatic carbocycles. The molecule has 43 heavy (non-hydrogen) atoms. The second-order valence-corrected chi connectivity index (χ2v) is 10.2. The number of hydrogen-bond donors (Lipinski definition) is 3. The summed E-state index contributed by atoms with van der Waals surface area (Å²) in [5.41, 5.74) is 0.197. The molecular formula is C29H32ClF2N7O4. The lowest BCUT2D eigenvalue weighted by Gasteiger charge is -2.38. The highest BCUT2D eigenvalue weighted by Gasteiger charge is 2.35. The number of carbonyl (C=O) groups excluding carboxylic acids is 2. The van der Waals surface area contributed by atoms with Crippen molar-refractivity contribution in [1.82, 2.24) is 25.0 Å². The number of benzene rings is 1. The van der Waals surface area contributed by atoms with E-state index < -0.39 is 18.1 Å². The molecule has 0 spiro atoms. The Balaban J connectivity index is 1.62. The van der Waals surface area contributed by atoms with Crippen molar-refractivity contribution in [1.29, 1.82) is 0 Å². The third-order valence-corrected chi connectivity index (χ3v) is 7.36. The number of hydrogen-bond acceptors (Lipinski definition) is 7. The molecule has 3 heterocycles. The SMILES string of the molecule is C/C=C(/C(=O)Nc1cn(CC(=O)N2CCC(O)(c3ccncc3)CC2)nc1-c1cc(Cl)ccc1OC(F)F)C(=NC)NC. The highest BCUT2D eigenvalue weighted by molar-refractivity contribution is 6.31. The van der Waals surface area contributed by atoms with Gasteiger partial charge in [-0.15, -0.1) is 0 Å². The summed E-state index contributed by atoms with van der Waals surface area (Å²) in [5.74, 6) is -0.710. The molecule has 2 aromatic heterocycles. The number of amidine groups is 1. The average molecular weight is 616 g/mol. The normalized spacial score (nSPS) is 15.4. The van der Waals surface area contributed by atoms with Gasteiger partial charge in [0.05, 0.1) is 16.9 Å². The first-order valence-corrected chi connectivity index (χ1v) is 13.8. The maximum absolute atomic E-state index is 13.3. The van der Waals surface area contributed by atoms with Crippen LogP contribution in [0.15, 0.2) is 65.6 Å². The Labute approximate surface area is 252 Å². The van der Waals surface area contributed by atoms with Crippen LogP contribution in [0.2, 0.25) is 5.02 Å². The number of amides is 2. The third kappa shape index (κ3) is 7.35. The molecule has 14 heteroatoms. The number of halogens is 3. The molecule has 0 unspecified atom stereocenters. The van der Waals surface area contributed by atoms with Crippen LogP contribution in [-0.2, 0) is 21.7 Å². The summed E-state index contributed by atoms with van der Waals surface area (Å²) >= 11 is 6.19. The lowest BCUT2D eigenvalue weighted by atomic mass is 9.85. The average Bonchev–Trinajstić information content (AvgIpc) is 3.38. The maximum atomic E-state index is 13.3. The Morgan fingerprint density at radius 3 is 2.53 bits per heavy atom. The van der Waals surface area contributed by atoms with Crippen LogP contribution in [0.5, 0.6) is 5.75 Å². The summed E-state index contributed by atoms with van der Waals surface area (Å²) in [6.07, 6.45) is 6.90. The number of piperidine rings is 1. The van der Waals surface area contributed by atoms with E-state index in [4.69, 9.17) is 16.3 Å². The smallest absolute Gasteiger partial charge is 0.387 e. The molecule has 0 atom stereocenters. The van der Waals surface area contributed by atoms with Crippen LogP contribution in [-0.4, -0.2) is 76.2 Å². The van der Waals surface area contributed by atoms with Crippen molar-refractivity contribution in [3.8, 4) is 17.0 Å². The number of pyridine rings is 1. The molecule has 11 nitrogen and oxygen atoms in total. The second-order valence-electron chi connectivity index (χ2n) is 9.73. The van der Waals surface area contributed by atoms with E-state index in [0.717, 1.165) is 5.56 Å². The minimum Gasteiger partial charge on any atom is -0.434 e. The standard InChI is InChI=1S/C29H32ClF2N7O4/c1-4-20(26(33-2)34-3)27(41)36-22-16-39(37-25(22)21-15-19(30)5-6-23(21)43-28(31)32)17-24(40)38-13-9-29(42,10-14-38)18-7-11-35-12-8-18/h4-8,11-12,15-16,28,42H,9-10,13-14,17H2,1-3H3,(H,33,34)(H,36,41)/b20-4+. The Bertz CT molecular complexity index is 1520. The first-order chi connectivity index (χ1) is 20.6. The summed E-state index contributed by atoms with van der Waals surface area (Å²) in [7, 11) is 3.14. The molecule has 1 aromatic carbocycles. The van der Waals surface area contributed by atoms with Crippen LogP contribution in [0.25, 0.3) is 11.3 Å². The fourth-order valence-electron chi connectivity index (χ4n) is 4.93. The first-order valence-electron chi connectivity index (χ1n) is 13.4. The maximum Gasteiger partial charge on any atom is 0.387 e. The van der Waals surface area contributed by atoms with Gasteiger partial charge in [0.1, 0.15) is 23.8 Å². The highest BCUT2D eigenvalue weighted by atomic mass is 35.5. The number of likely N-dealkylation sites (tertiary alicyclic amines) is 1. The summed E-state index contributed by atoms with van der Waals surface area (Å²) in [6, 6.07) is 7.56. The first kappa shape index (κ1) is 31.6. The van der Waals surface area contributed by atoms with Crippen LogP contribution >= 0.6 is 11.6 Å². The van der Waals surface area contributed by atoms with Crippen LogP contribution < -0.4 is 15.4 Å². The van der Waals surface area contributed by atoms with Crippen molar-refractivity contribution in [3.05, 3.63) is 71.2 Å². The molecule has 1 aliphatic heterocycles. The summed E-state index contributed by atoms with van der Waals surface area (Å²) in [4.78, 5) is 36.2. The molecule has 2 amide bonds. The van der Waals surface area contributed by atoms with Gasteiger partial charge in [0.25, 0.3) is 5.91 Å². The molecule has 1 saturated heterocycles. The molecule has 3 N–H and O–H groups in total. The summed E-state index contributed by atoms with van der Waals surface area (Å²) in [6.45, 7) is -1.05. The molecule has 0 radical (unpaired) electrons. The van der Waals surface area contributed by atoms with Crippen molar-refractivity contribution in [2.75, 3.05) is 32.5 Å². The van der Waals surface area contributed by atoms with Crippen molar-refractivity contribution in [2.45, 2.75) is 38.5 Å². The number of allylic oxidation sites excluding steroid dienone is 1. The van der Waals surface area contributed by atoms with Gasteiger partial charge in [-0.1, -0.05) is 17.7 Å². The molecule has 1 fully saturated rings. The van der Waals surface area contributed by atoms with Crippen LogP contribution in [0.1, 0.15) is 25.3 Å². The molecular weight excluding hydrogens is 584 g/mol. The monoisotopic (exact) mass is 615 g/mol. The largest absolute Gasteiger partial charge is 0.434 e. The number of aliphatic imine (C=N–C) groups is 1. The van der Waals surface area contributed by atoms with Gasteiger partial charge in [-0.25, -0.2) is 0 Å². The van der Waals surface area contributed by atoms with Crippen LogP contribution in [0.3, 0.4) is 0 Å². The number of aromatic nitrogens is 3. The number of aliphatic hydroxyl groups is 1. The number of rotatable bonds is 9. The van der Waals surface area contributed by atoms with E-state index >= 15 is 0 Å². The van der Waals surface area contributed by atoms with E-state index in [1.54, 1.807) is 49.5 Å². The second kappa shape index (κ2) is 13.7. The summed E-state index contributed by atoms with van der Waals surface area (Å²) < 4.78 is 32.5. The van der Waals surface area contributed by atoms with Gasteiger partial charge in [0.2, 0.25) is 5.91 Å². The molecule has 1 aliphatic rings. The number of nitrogens with zero attached hydrogens (tertiary/aromatic N) is 5. The zero-order chi connectivity index (χ0) is 31.1. The van der Waals surface area contributed by atoms with Crippen LogP contribution in [0, 0.1) is 0 Å². The Morgan fingerprint density at radius 2 is 1.93 bits per heavy atom. The van der Waals surface area contributed by atoms with Crippen molar-refractivity contribution in [2.24, 2.45) is 4.99 Å². The Hall–Kier alpha value is -4.36. The fraction of sp³-hybridized carbons (Fsp3) is 0.345. The predicted molar refractivity (Wildman–Crippen MR) is 158 cm³/mol. The topological polar surface area (TPSA) is 134 Å².